The summed E-state index contributed by atoms with van der Waals surface area (Å²) < 4.78 is 0. The molecule has 5 nitrogen and oxygen atoms in total. The van der Waals surface area contributed by atoms with Gasteiger partial charge >= 0.3 is 0 Å². The van der Waals surface area contributed by atoms with Crippen LogP contribution in [0.25, 0.3) is 0 Å². The number of nitrogens with zero attached hydrogens (tertiary/aromatic N) is 1. The van der Waals surface area contributed by atoms with E-state index in [1.165, 1.54) is 0 Å². The molecule has 0 rings (SSSR count). The summed E-state index contributed by atoms with van der Waals surface area (Å²) in [5, 5.41) is 10.4. The van der Waals surface area contributed by atoms with Gasteiger partial charge in [-0.15, -0.1) is 0 Å². The number of unbranched alkanes of at least 4 members (excludes halogenated alkanes) is 4. The maximum Gasteiger partial charge on any atom is 0.277 e. The van der Waals surface area contributed by atoms with Crippen molar-refractivity contribution in [3.8, 4) is 0 Å². The fourth-order valence-corrected chi connectivity index (χ4v) is 1.37. The number of nitro groups is 1. The minimum atomic E-state index is -1.33. The lowest BCUT2D eigenvalue weighted by atomic mass is 10.0. The van der Waals surface area contributed by atoms with Crippen molar-refractivity contribution >= 4 is 12.1 Å². The summed E-state index contributed by atoms with van der Waals surface area (Å²) in [6.07, 6.45) is 4.95. The molecule has 0 bridgehead atoms. The standard InChI is InChI=1S/C10H17NO4/c1-2-3-4-5-6-7-9(11(14)15)10(13)8-12/h8-9H,2-7H2,1H3. The fraction of sp³-hybridized carbons (Fsp3) is 0.800. The van der Waals surface area contributed by atoms with Crippen molar-refractivity contribution in [2.75, 3.05) is 0 Å². The maximum atomic E-state index is 10.9. The average Bonchev–Trinajstić information content (AvgIpc) is 2.22. The lowest BCUT2D eigenvalue weighted by Gasteiger charge is -2.04. The van der Waals surface area contributed by atoms with Crippen LogP contribution < -0.4 is 0 Å². The molecular formula is C10H17NO4. The molecule has 0 heterocycles. The minimum Gasteiger partial charge on any atom is -0.294 e. The summed E-state index contributed by atoms with van der Waals surface area (Å²) >= 11 is 0. The molecular weight excluding hydrogens is 198 g/mol. The number of aldehydes is 1. The SMILES string of the molecule is CCCCCCCC(C(=O)C=O)[N+](=O)[O-]. The van der Waals surface area contributed by atoms with E-state index in [0.717, 1.165) is 25.7 Å². The Kier molecular flexibility index (Phi) is 7.40. The number of ketones is 1. The average molecular weight is 215 g/mol. The Hall–Kier alpha value is -1.26. The number of carbonyl (C=O) groups is 2. The second-order valence-corrected chi connectivity index (χ2v) is 3.52. The Bertz CT molecular complexity index is 227. The van der Waals surface area contributed by atoms with Crippen molar-refractivity contribution in [2.24, 2.45) is 0 Å². The summed E-state index contributed by atoms with van der Waals surface area (Å²) in [4.78, 5) is 30.8. The van der Waals surface area contributed by atoms with Gasteiger partial charge in [-0.25, -0.2) is 0 Å². The maximum absolute atomic E-state index is 10.9. The van der Waals surface area contributed by atoms with Gasteiger partial charge in [-0.2, -0.15) is 0 Å². The molecule has 0 aromatic carbocycles. The predicted molar refractivity (Wildman–Crippen MR) is 55.2 cm³/mol. The summed E-state index contributed by atoms with van der Waals surface area (Å²) in [6.45, 7) is 2.08. The Morgan fingerprint density at radius 2 is 1.93 bits per heavy atom. The van der Waals surface area contributed by atoms with Gasteiger partial charge in [0.05, 0.1) is 0 Å². The lowest BCUT2D eigenvalue weighted by Crippen LogP contribution is -2.30. The first-order valence-electron chi connectivity index (χ1n) is 5.26. The Labute approximate surface area is 89.0 Å². The van der Waals surface area contributed by atoms with Crippen LogP contribution in [0.4, 0.5) is 0 Å². The van der Waals surface area contributed by atoms with Crippen LogP contribution in [-0.4, -0.2) is 23.0 Å². The van der Waals surface area contributed by atoms with Gasteiger partial charge in [0.15, 0.2) is 6.29 Å². The van der Waals surface area contributed by atoms with Crippen LogP contribution in [0.2, 0.25) is 0 Å². The van der Waals surface area contributed by atoms with E-state index in [9.17, 15) is 19.7 Å². The zero-order valence-electron chi connectivity index (χ0n) is 8.98. The van der Waals surface area contributed by atoms with Crippen LogP contribution >= 0.6 is 0 Å². The van der Waals surface area contributed by atoms with Crippen LogP contribution in [0, 0.1) is 10.1 Å². The van der Waals surface area contributed by atoms with Gasteiger partial charge in [-0.3, -0.25) is 19.7 Å². The predicted octanol–water partition coefficient (Wildman–Crippen LogP) is 1.76. The number of Topliss-reactive ketones (excluding diaryl/α,β-unsaturated/α-hetero) is 1. The summed E-state index contributed by atoms with van der Waals surface area (Å²) in [6, 6.07) is -1.33. The molecule has 0 saturated carbocycles. The first-order chi connectivity index (χ1) is 7.13. The first-order valence-corrected chi connectivity index (χ1v) is 5.26. The van der Waals surface area contributed by atoms with Crippen molar-refractivity contribution in [1.82, 2.24) is 0 Å². The largest absolute Gasteiger partial charge is 0.294 e. The minimum absolute atomic E-state index is 0.0412. The second-order valence-electron chi connectivity index (χ2n) is 3.52. The van der Waals surface area contributed by atoms with E-state index in [1.54, 1.807) is 0 Å². The monoisotopic (exact) mass is 215 g/mol. The molecule has 0 fully saturated rings. The third kappa shape index (κ3) is 5.93. The topological polar surface area (TPSA) is 77.3 Å². The van der Waals surface area contributed by atoms with E-state index < -0.39 is 16.7 Å². The van der Waals surface area contributed by atoms with E-state index in [2.05, 4.69) is 6.92 Å². The fourth-order valence-electron chi connectivity index (χ4n) is 1.37. The molecule has 0 aliphatic heterocycles. The summed E-state index contributed by atoms with van der Waals surface area (Å²) in [5.41, 5.74) is 0. The number of rotatable bonds is 9. The van der Waals surface area contributed by atoms with E-state index in [-0.39, 0.29) is 12.7 Å². The highest BCUT2D eigenvalue weighted by molar-refractivity contribution is 6.26. The Balaban J connectivity index is 3.82. The molecule has 0 aliphatic carbocycles. The van der Waals surface area contributed by atoms with Gasteiger partial charge in [-0.1, -0.05) is 32.6 Å². The molecule has 0 amide bonds. The van der Waals surface area contributed by atoms with E-state index in [4.69, 9.17) is 0 Å². The van der Waals surface area contributed by atoms with Crippen molar-refractivity contribution in [1.29, 1.82) is 0 Å². The lowest BCUT2D eigenvalue weighted by molar-refractivity contribution is -0.507. The van der Waals surface area contributed by atoms with Crippen LogP contribution in [0.15, 0.2) is 0 Å². The normalized spacial score (nSPS) is 12.1. The summed E-state index contributed by atoms with van der Waals surface area (Å²) in [7, 11) is 0. The number of carbonyl (C=O) groups excluding carboxylic acids is 2. The van der Waals surface area contributed by atoms with Crippen molar-refractivity contribution in [2.45, 2.75) is 51.5 Å². The van der Waals surface area contributed by atoms with E-state index in [0.29, 0.717) is 6.42 Å². The van der Waals surface area contributed by atoms with Gasteiger partial charge in [0.2, 0.25) is 0 Å². The molecule has 1 atom stereocenters. The molecule has 0 N–H and O–H groups in total. The highest BCUT2D eigenvalue weighted by atomic mass is 16.6. The molecule has 0 aromatic rings. The number of hydrogen-bond acceptors (Lipinski definition) is 4. The molecule has 0 aliphatic rings. The quantitative estimate of drug-likeness (QED) is 0.193. The highest BCUT2D eigenvalue weighted by Crippen LogP contribution is 2.09. The smallest absolute Gasteiger partial charge is 0.277 e. The number of hydrogen-bond donors (Lipinski definition) is 0. The van der Waals surface area contributed by atoms with Crippen LogP contribution in [-0.2, 0) is 9.59 Å². The van der Waals surface area contributed by atoms with Gasteiger partial charge in [0.1, 0.15) is 0 Å². The van der Waals surface area contributed by atoms with Crippen molar-refractivity contribution in [3.05, 3.63) is 10.1 Å². The van der Waals surface area contributed by atoms with Crippen LogP contribution in [0.3, 0.4) is 0 Å². The summed E-state index contributed by atoms with van der Waals surface area (Å²) in [5.74, 6) is -0.921. The van der Waals surface area contributed by atoms with Gasteiger partial charge < -0.3 is 0 Å². The molecule has 5 heteroatoms. The Morgan fingerprint density at radius 3 is 2.40 bits per heavy atom. The van der Waals surface area contributed by atoms with E-state index >= 15 is 0 Å². The third-order valence-corrected chi connectivity index (χ3v) is 2.28. The van der Waals surface area contributed by atoms with Crippen LogP contribution in [0.5, 0.6) is 0 Å². The zero-order chi connectivity index (χ0) is 11.7. The second kappa shape index (κ2) is 8.08. The van der Waals surface area contributed by atoms with Crippen molar-refractivity contribution < 1.29 is 14.5 Å². The molecule has 0 saturated heterocycles. The molecule has 1 unspecified atom stereocenters. The first kappa shape index (κ1) is 13.7. The molecule has 0 radical (unpaired) electrons. The molecule has 0 spiro atoms. The molecule has 15 heavy (non-hydrogen) atoms. The van der Waals surface area contributed by atoms with Gasteiger partial charge in [-0.05, 0) is 6.42 Å². The molecule has 0 aromatic heterocycles. The third-order valence-electron chi connectivity index (χ3n) is 2.28. The Morgan fingerprint density at radius 1 is 1.33 bits per heavy atom. The van der Waals surface area contributed by atoms with E-state index in [1.807, 2.05) is 0 Å². The zero-order valence-corrected chi connectivity index (χ0v) is 8.98. The van der Waals surface area contributed by atoms with Gasteiger partial charge in [0, 0.05) is 11.3 Å². The van der Waals surface area contributed by atoms with Crippen molar-refractivity contribution in [3.63, 3.8) is 0 Å². The van der Waals surface area contributed by atoms with Gasteiger partial charge in [0.25, 0.3) is 11.8 Å². The van der Waals surface area contributed by atoms with Crippen LogP contribution in [0.1, 0.15) is 45.4 Å². The highest BCUT2D eigenvalue weighted by Gasteiger charge is 2.27. The molecule has 86 valence electrons.